The number of carbonyl (C=O) groups is 1. The van der Waals surface area contributed by atoms with Crippen LogP contribution in [0.25, 0.3) is 0 Å². The SMILES string of the molecule is COc1ccc(CNC(=O)N2CCC(SC)C2)cc1. The van der Waals surface area contributed by atoms with Gasteiger partial charge in [0.15, 0.2) is 0 Å². The van der Waals surface area contributed by atoms with Crippen LogP contribution in [-0.4, -0.2) is 42.6 Å². The maximum atomic E-state index is 12.0. The van der Waals surface area contributed by atoms with Gasteiger partial charge in [0.25, 0.3) is 0 Å². The Balaban J connectivity index is 1.80. The van der Waals surface area contributed by atoms with E-state index in [1.807, 2.05) is 40.9 Å². The van der Waals surface area contributed by atoms with Crippen molar-refractivity contribution in [3.63, 3.8) is 0 Å². The van der Waals surface area contributed by atoms with Crippen LogP contribution in [0.4, 0.5) is 4.79 Å². The molecule has 2 amide bonds. The van der Waals surface area contributed by atoms with Crippen molar-refractivity contribution < 1.29 is 9.53 Å². The molecule has 1 N–H and O–H groups in total. The Bertz CT molecular complexity index is 422. The summed E-state index contributed by atoms with van der Waals surface area (Å²) in [6.07, 6.45) is 3.19. The summed E-state index contributed by atoms with van der Waals surface area (Å²) >= 11 is 1.84. The Hall–Kier alpha value is -1.36. The van der Waals surface area contributed by atoms with Crippen LogP contribution in [0.5, 0.6) is 5.75 Å². The van der Waals surface area contributed by atoms with Crippen LogP contribution >= 0.6 is 11.8 Å². The number of carbonyl (C=O) groups excluding carboxylic acids is 1. The number of methoxy groups -OCH3 is 1. The molecule has 1 unspecified atom stereocenters. The highest BCUT2D eigenvalue weighted by molar-refractivity contribution is 7.99. The number of amides is 2. The molecular weight excluding hydrogens is 260 g/mol. The van der Waals surface area contributed by atoms with Crippen molar-refractivity contribution in [2.75, 3.05) is 26.5 Å². The highest BCUT2D eigenvalue weighted by Crippen LogP contribution is 2.20. The highest BCUT2D eigenvalue weighted by atomic mass is 32.2. The lowest BCUT2D eigenvalue weighted by atomic mass is 10.2. The smallest absolute Gasteiger partial charge is 0.317 e. The first kappa shape index (κ1) is 14.1. The minimum absolute atomic E-state index is 0.0346. The molecule has 1 aliphatic heterocycles. The van der Waals surface area contributed by atoms with Crippen LogP contribution in [0.1, 0.15) is 12.0 Å². The van der Waals surface area contributed by atoms with Gasteiger partial charge in [0.05, 0.1) is 7.11 Å². The van der Waals surface area contributed by atoms with Crippen LogP contribution in [0, 0.1) is 0 Å². The number of rotatable bonds is 4. The molecule has 0 bridgehead atoms. The quantitative estimate of drug-likeness (QED) is 0.920. The molecule has 1 heterocycles. The maximum Gasteiger partial charge on any atom is 0.317 e. The third kappa shape index (κ3) is 3.80. The van der Waals surface area contributed by atoms with E-state index in [4.69, 9.17) is 4.74 Å². The molecule has 0 saturated carbocycles. The fourth-order valence-electron chi connectivity index (χ4n) is 2.14. The van der Waals surface area contributed by atoms with Crippen molar-refractivity contribution in [2.45, 2.75) is 18.2 Å². The largest absolute Gasteiger partial charge is 0.497 e. The second kappa shape index (κ2) is 6.70. The molecule has 0 aliphatic carbocycles. The van der Waals surface area contributed by atoms with Crippen molar-refractivity contribution in [3.05, 3.63) is 29.8 Å². The topological polar surface area (TPSA) is 41.6 Å². The lowest BCUT2D eigenvalue weighted by Gasteiger charge is -2.17. The zero-order chi connectivity index (χ0) is 13.7. The summed E-state index contributed by atoms with van der Waals surface area (Å²) in [4.78, 5) is 13.9. The van der Waals surface area contributed by atoms with E-state index >= 15 is 0 Å². The Labute approximate surface area is 118 Å². The fourth-order valence-corrected chi connectivity index (χ4v) is 2.81. The van der Waals surface area contributed by atoms with Gasteiger partial charge >= 0.3 is 6.03 Å². The van der Waals surface area contributed by atoms with Crippen molar-refractivity contribution in [3.8, 4) is 5.75 Å². The van der Waals surface area contributed by atoms with E-state index in [9.17, 15) is 4.79 Å². The number of urea groups is 1. The summed E-state index contributed by atoms with van der Waals surface area (Å²) in [5.41, 5.74) is 1.08. The Morgan fingerprint density at radius 3 is 2.79 bits per heavy atom. The molecule has 1 aromatic rings. The molecule has 1 saturated heterocycles. The van der Waals surface area contributed by atoms with Gasteiger partial charge in [-0.05, 0) is 30.4 Å². The molecule has 1 atom stereocenters. The summed E-state index contributed by atoms with van der Waals surface area (Å²) < 4.78 is 5.10. The Morgan fingerprint density at radius 1 is 1.47 bits per heavy atom. The second-order valence-electron chi connectivity index (χ2n) is 4.60. The molecular formula is C14H20N2O2S. The molecule has 19 heavy (non-hydrogen) atoms. The monoisotopic (exact) mass is 280 g/mol. The number of nitrogens with zero attached hydrogens (tertiary/aromatic N) is 1. The first-order chi connectivity index (χ1) is 9.22. The summed E-state index contributed by atoms with van der Waals surface area (Å²) in [5.74, 6) is 0.831. The van der Waals surface area contributed by atoms with Crippen LogP contribution < -0.4 is 10.1 Å². The Kier molecular flexibility index (Phi) is 4.96. The van der Waals surface area contributed by atoms with Crippen molar-refractivity contribution in [2.24, 2.45) is 0 Å². The van der Waals surface area contributed by atoms with Gasteiger partial charge < -0.3 is 15.0 Å². The van der Waals surface area contributed by atoms with Gasteiger partial charge in [-0.1, -0.05) is 12.1 Å². The molecule has 5 heteroatoms. The minimum atomic E-state index is 0.0346. The average molecular weight is 280 g/mol. The minimum Gasteiger partial charge on any atom is -0.497 e. The van der Waals surface area contributed by atoms with Crippen LogP contribution in [0.2, 0.25) is 0 Å². The number of likely N-dealkylation sites (tertiary alicyclic amines) is 1. The van der Waals surface area contributed by atoms with E-state index in [-0.39, 0.29) is 6.03 Å². The zero-order valence-corrected chi connectivity index (χ0v) is 12.2. The number of nitrogens with one attached hydrogen (secondary N) is 1. The van der Waals surface area contributed by atoms with Gasteiger partial charge in [0.1, 0.15) is 5.75 Å². The first-order valence-electron chi connectivity index (χ1n) is 6.41. The van der Waals surface area contributed by atoms with Gasteiger partial charge in [-0.3, -0.25) is 0 Å². The van der Waals surface area contributed by atoms with Crippen LogP contribution in [0.15, 0.2) is 24.3 Å². The van der Waals surface area contributed by atoms with Gasteiger partial charge in [-0.2, -0.15) is 11.8 Å². The standard InChI is InChI=1S/C14H20N2O2S/c1-18-12-5-3-11(4-6-12)9-15-14(17)16-8-7-13(10-16)19-2/h3-6,13H,7-10H2,1-2H3,(H,15,17). The molecule has 1 fully saturated rings. The Morgan fingerprint density at radius 2 is 2.21 bits per heavy atom. The maximum absolute atomic E-state index is 12.0. The average Bonchev–Trinajstić information content (AvgIpc) is 2.94. The van der Waals surface area contributed by atoms with Gasteiger partial charge in [0, 0.05) is 24.9 Å². The molecule has 1 aromatic carbocycles. The summed E-state index contributed by atoms with van der Waals surface area (Å²) in [5, 5.41) is 3.55. The molecule has 2 rings (SSSR count). The normalized spacial score (nSPS) is 18.4. The van der Waals surface area contributed by atoms with E-state index in [1.165, 1.54) is 0 Å². The molecule has 104 valence electrons. The van der Waals surface area contributed by atoms with E-state index in [2.05, 4.69) is 11.6 Å². The number of hydrogen-bond donors (Lipinski definition) is 1. The molecule has 0 spiro atoms. The molecule has 4 nitrogen and oxygen atoms in total. The third-order valence-corrected chi connectivity index (χ3v) is 4.42. The van der Waals surface area contributed by atoms with E-state index in [1.54, 1.807) is 7.11 Å². The highest BCUT2D eigenvalue weighted by Gasteiger charge is 2.25. The van der Waals surface area contributed by atoms with Gasteiger partial charge in [-0.15, -0.1) is 0 Å². The molecule has 0 aromatic heterocycles. The number of ether oxygens (including phenoxy) is 1. The van der Waals surface area contributed by atoms with E-state index < -0.39 is 0 Å². The van der Waals surface area contributed by atoms with Gasteiger partial charge in [0.2, 0.25) is 0 Å². The van der Waals surface area contributed by atoms with Gasteiger partial charge in [-0.25, -0.2) is 4.79 Å². The second-order valence-corrected chi connectivity index (χ2v) is 5.74. The number of benzene rings is 1. The molecule has 0 radical (unpaired) electrons. The van der Waals surface area contributed by atoms with Crippen molar-refractivity contribution >= 4 is 17.8 Å². The summed E-state index contributed by atoms with van der Waals surface area (Å²) in [7, 11) is 1.65. The zero-order valence-electron chi connectivity index (χ0n) is 11.4. The number of thioether (sulfide) groups is 1. The third-order valence-electron chi connectivity index (χ3n) is 3.37. The van der Waals surface area contributed by atoms with Crippen LogP contribution in [-0.2, 0) is 6.54 Å². The van der Waals surface area contributed by atoms with Crippen molar-refractivity contribution in [1.82, 2.24) is 10.2 Å². The predicted octanol–water partition coefficient (Wildman–Crippen LogP) is 2.34. The lowest BCUT2D eigenvalue weighted by Crippen LogP contribution is -2.38. The summed E-state index contributed by atoms with van der Waals surface area (Å²) in [6.45, 7) is 2.28. The lowest BCUT2D eigenvalue weighted by molar-refractivity contribution is 0.208. The number of hydrogen-bond acceptors (Lipinski definition) is 3. The predicted molar refractivity (Wildman–Crippen MR) is 78.7 cm³/mol. The van der Waals surface area contributed by atoms with E-state index in [0.717, 1.165) is 30.8 Å². The van der Waals surface area contributed by atoms with Crippen LogP contribution in [0.3, 0.4) is 0 Å². The fraction of sp³-hybridized carbons (Fsp3) is 0.500. The van der Waals surface area contributed by atoms with E-state index in [0.29, 0.717) is 11.8 Å². The molecule has 1 aliphatic rings. The summed E-state index contributed by atoms with van der Waals surface area (Å²) in [6, 6.07) is 7.77. The first-order valence-corrected chi connectivity index (χ1v) is 7.70. The van der Waals surface area contributed by atoms with Crippen molar-refractivity contribution in [1.29, 1.82) is 0 Å².